The van der Waals surface area contributed by atoms with E-state index in [0.717, 1.165) is 29.0 Å². The quantitative estimate of drug-likeness (QED) is 0.519. The van der Waals surface area contributed by atoms with E-state index in [1.165, 1.54) is 0 Å². The van der Waals surface area contributed by atoms with Gasteiger partial charge in [-0.1, -0.05) is 36.8 Å². The van der Waals surface area contributed by atoms with E-state index in [-0.39, 0.29) is 11.8 Å². The van der Waals surface area contributed by atoms with E-state index in [2.05, 4.69) is 5.32 Å². The first-order valence-electron chi connectivity index (χ1n) is 10.8. The minimum atomic E-state index is -0.539. The van der Waals surface area contributed by atoms with E-state index < -0.39 is 6.04 Å². The fourth-order valence-electron chi connectivity index (χ4n) is 3.10. The van der Waals surface area contributed by atoms with Crippen LogP contribution in [0.2, 0.25) is 0 Å². The van der Waals surface area contributed by atoms with Gasteiger partial charge in [-0.2, -0.15) is 0 Å². The number of nitrogens with zero attached hydrogens (tertiary/aromatic N) is 1. The summed E-state index contributed by atoms with van der Waals surface area (Å²) in [5, 5.41) is 2.89. The fourth-order valence-corrected chi connectivity index (χ4v) is 3.10. The SMILES string of the molecule is CCCNC(=O)[C@H](C)N(Cc1ccc(C)cc1)C(=O)CCCOc1ccc(OC)cc1. The molecule has 0 aliphatic carbocycles. The number of benzene rings is 2. The molecule has 1 N–H and O–H groups in total. The summed E-state index contributed by atoms with van der Waals surface area (Å²) >= 11 is 0. The summed E-state index contributed by atoms with van der Waals surface area (Å²) < 4.78 is 10.9. The summed E-state index contributed by atoms with van der Waals surface area (Å²) in [6.07, 6.45) is 1.74. The van der Waals surface area contributed by atoms with Gasteiger partial charge in [0.1, 0.15) is 17.5 Å². The summed E-state index contributed by atoms with van der Waals surface area (Å²) in [5.41, 5.74) is 2.16. The summed E-state index contributed by atoms with van der Waals surface area (Å²) in [4.78, 5) is 27.2. The third-order valence-corrected chi connectivity index (χ3v) is 5.05. The van der Waals surface area contributed by atoms with Crippen molar-refractivity contribution in [1.82, 2.24) is 10.2 Å². The zero-order chi connectivity index (χ0) is 22.6. The Morgan fingerprint density at radius 2 is 1.68 bits per heavy atom. The van der Waals surface area contributed by atoms with Crippen molar-refractivity contribution in [3.05, 3.63) is 59.7 Å². The van der Waals surface area contributed by atoms with E-state index in [1.807, 2.05) is 62.4 Å². The molecule has 0 fully saturated rings. The van der Waals surface area contributed by atoms with Gasteiger partial charge in [-0.15, -0.1) is 0 Å². The highest BCUT2D eigenvalue weighted by molar-refractivity contribution is 5.87. The number of carbonyl (C=O) groups is 2. The maximum Gasteiger partial charge on any atom is 0.242 e. The monoisotopic (exact) mass is 426 g/mol. The molecular formula is C25H34N2O4. The number of amides is 2. The van der Waals surface area contributed by atoms with Gasteiger partial charge in [0, 0.05) is 19.5 Å². The smallest absolute Gasteiger partial charge is 0.242 e. The van der Waals surface area contributed by atoms with Crippen molar-refractivity contribution >= 4 is 11.8 Å². The van der Waals surface area contributed by atoms with Crippen LogP contribution < -0.4 is 14.8 Å². The predicted molar refractivity (Wildman–Crippen MR) is 122 cm³/mol. The second-order valence-corrected chi connectivity index (χ2v) is 7.60. The van der Waals surface area contributed by atoms with Crippen molar-refractivity contribution in [2.24, 2.45) is 0 Å². The lowest BCUT2D eigenvalue weighted by atomic mass is 10.1. The van der Waals surface area contributed by atoms with Crippen LogP contribution in [0.25, 0.3) is 0 Å². The highest BCUT2D eigenvalue weighted by atomic mass is 16.5. The molecule has 168 valence electrons. The second kappa shape index (κ2) is 12.6. The van der Waals surface area contributed by atoms with Crippen LogP contribution in [0, 0.1) is 6.92 Å². The van der Waals surface area contributed by atoms with Gasteiger partial charge in [0.2, 0.25) is 11.8 Å². The Bertz CT molecular complexity index is 818. The third-order valence-electron chi connectivity index (χ3n) is 5.05. The van der Waals surface area contributed by atoms with Crippen molar-refractivity contribution in [3.8, 4) is 11.5 Å². The van der Waals surface area contributed by atoms with Crippen molar-refractivity contribution in [3.63, 3.8) is 0 Å². The maximum atomic E-state index is 13.0. The Hall–Kier alpha value is -3.02. The number of nitrogens with one attached hydrogen (secondary N) is 1. The van der Waals surface area contributed by atoms with Crippen LogP contribution in [-0.2, 0) is 16.1 Å². The van der Waals surface area contributed by atoms with Crippen LogP contribution in [0.1, 0.15) is 44.2 Å². The maximum absolute atomic E-state index is 13.0. The van der Waals surface area contributed by atoms with Crippen LogP contribution in [0.3, 0.4) is 0 Å². The minimum absolute atomic E-state index is 0.0574. The lowest BCUT2D eigenvalue weighted by Gasteiger charge is -2.29. The van der Waals surface area contributed by atoms with Gasteiger partial charge in [0.15, 0.2) is 0 Å². The van der Waals surface area contributed by atoms with Crippen LogP contribution >= 0.6 is 0 Å². The first kappa shape index (κ1) is 24.3. The highest BCUT2D eigenvalue weighted by Gasteiger charge is 2.25. The molecule has 31 heavy (non-hydrogen) atoms. The third kappa shape index (κ3) is 7.96. The normalized spacial score (nSPS) is 11.5. The molecule has 0 spiro atoms. The lowest BCUT2D eigenvalue weighted by Crippen LogP contribution is -2.47. The second-order valence-electron chi connectivity index (χ2n) is 7.60. The number of hydrogen-bond acceptors (Lipinski definition) is 4. The van der Waals surface area contributed by atoms with Crippen LogP contribution in [0.4, 0.5) is 0 Å². The van der Waals surface area contributed by atoms with Gasteiger partial charge in [0.05, 0.1) is 13.7 Å². The molecule has 0 aliphatic heterocycles. The van der Waals surface area contributed by atoms with E-state index in [4.69, 9.17) is 9.47 Å². The van der Waals surface area contributed by atoms with Crippen molar-refractivity contribution in [2.45, 2.75) is 52.6 Å². The fraction of sp³-hybridized carbons (Fsp3) is 0.440. The predicted octanol–water partition coefficient (Wildman–Crippen LogP) is 4.11. The van der Waals surface area contributed by atoms with Gasteiger partial charge in [-0.25, -0.2) is 0 Å². The van der Waals surface area contributed by atoms with Crippen LogP contribution in [-0.4, -0.2) is 43.0 Å². The zero-order valence-electron chi connectivity index (χ0n) is 19.0. The average molecular weight is 427 g/mol. The molecule has 2 rings (SSSR count). The van der Waals surface area contributed by atoms with Crippen molar-refractivity contribution in [2.75, 3.05) is 20.3 Å². The molecule has 6 nitrogen and oxygen atoms in total. The molecule has 0 heterocycles. The molecule has 2 amide bonds. The Balaban J connectivity index is 1.95. The molecule has 0 bridgehead atoms. The van der Waals surface area contributed by atoms with Crippen LogP contribution in [0.5, 0.6) is 11.5 Å². The highest BCUT2D eigenvalue weighted by Crippen LogP contribution is 2.18. The molecule has 2 aromatic rings. The van der Waals surface area contributed by atoms with E-state index >= 15 is 0 Å². The number of hydrogen-bond donors (Lipinski definition) is 1. The average Bonchev–Trinajstić information content (AvgIpc) is 2.79. The summed E-state index contributed by atoms with van der Waals surface area (Å²) in [5.74, 6) is 1.32. The molecule has 0 radical (unpaired) electrons. The Labute approximate surface area is 185 Å². The van der Waals surface area contributed by atoms with E-state index in [0.29, 0.717) is 32.5 Å². The molecule has 0 aliphatic rings. The molecular weight excluding hydrogens is 392 g/mol. The Morgan fingerprint density at radius 1 is 1.03 bits per heavy atom. The standard InChI is InChI=1S/C25H34N2O4/c1-5-16-26-25(29)20(3)27(18-21-10-8-19(2)9-11-21)24(28)7-6-17-31-23-14-12-22(30-4)13-15-23/h8-15,20H,5-7,16-18H2,1-4H3,(H,26,29)/t20-/m0/s1. The molecule has 6 heteroatoms. The Morgan fingerprint density at radius 3 is 2.29 bits per heavy atom. The Kier molecular flexibility index (Phi) is 9.88. The summed E-state index contributed by atoms with van der Waals surface area (Å²) in [6.45, 7) is 7.24. The van der Waals surface area contributed by atoms with Gasteiger partial charge in [-0.05, 0) is 56.5 Å². The topological polar surface area (TPSA) is 67.9 Å². The summed E-state index contributed by atoms with van der Waals surface area (Å²) in [7, 11) is 1.62. The summed E-state index contributed by atoms with van der Waals surface area (Å²) in [6, 6.07) is 14.8. The molecule has 0 unspecified atom stereocenters. The van der Waals surface area contributed by atoms with Crippen molar-refractivity contribution < 1.29 is 19.1 Å². The molecule has 0 saturated carbocycles. The first-order valence-corrected chi connectivity index (χ1v) is 10.8. The molecule has 0 saturated heterocycles. The van der Waals surface area contributed by atoms with E-state index in [9.17, 15) is 9.59 Å². The molecule has 2 aromatic carbocycles. The van der Waals surface area contributed by atoms with E-state index in [1.54, 1.807) is 18.9 Å². The number of rotatable bonds is 12. The number of aryl methyl sites for hydroxylation is 1. The van der Waals surface area contributed by atoms with Crippen LogP contribution in [0.15, 0.2) is 48.5 Å². The lowest BCUT2D eigenvalue weighted by molar-refractivity contribution is -0.140. The van der Waals surface area contributed by atoms with Gasteiger partial charge in [0.25, 0.3) is 0 Å². The minimum Gasteiger partial charge on any atom is -0.497 e. The van der Waals surface area contributed by atoms with Gasteiger partial charge in [-0.3, -0.25) is 9.59 Å². The zero-order valence-corrected chi connectivity index (χ0v) is 19.0. The van der Waals surface area contributed by atoms with Gasteiger partial charge >= 0.3 is 0 Å². The first-order chi connectivity index (χ1) is 14.9. The largest absolute Gasteiger partial charge is 0.497 e. The number of ether oxygens (including phenoxy) is 2. The molecule has 1 atom stereocenters. The number of methoxy groups -OCH3 is 1. The van der Waals surface area contributed by atoms with Gasteiger partial charge < -0.3 is 19.7 Å². The number of carbonyl (C=O) groups excluding carboxylic acids is 2. The van der Waals surface area contributed by atoms with Crippen molar-refractivity contribution in [1.29, 1.82) is 0 Å². The molecule has 0 aromatic heterocycles.